The maximum atomic E-state index is 14.4. The standard InChI is InChI=1S/C16H15F3O2/c1-10(8-15(20)21)9-16(18,19)13-6-7-14(17)12-5-3-2-4-11(12)13/h2-7,10H,8-9H2,1H3,(H,20,21). The van der Waals surface area contributed by atoms with Crippen molar-refractivity contribution in [1.82, 2.24) is 0 Å². The molecule has 0 amide bonds. The van der Waals surface area contributed by atoms with E-state index in [9.17, 15) is 18.0 Å². The number of fused-ring (bicyclic) bond motifs is 1. The Morgan fingerprint density at radius 2 is 1.81 bits per heavy atom. The lowest BCUT2D eigenvalue weighted by Crippen LogP contribution is -2.19. The zero-order valence-corrected chi connectivity index (χ0v) is 11.4. The maximum Gasteiger partial charge on any atom is 0.303 e. The van der Waals surface area contributed by atoms with E-state index in [-0.39, 0.29) is 22.8 Å². The highest BCUT2D eigenvalue weighted by Crippen LogP contribution is 2.39. The molecule has 0 heterocycles. The van der Waals surface area contributed by atoms with Crippen molar-refractivity contribution >= 4 is 16.7 Å². The molecule has 1 atom stereocenters. The normalized spacial score (nSPS) is 13.3. The van der Waals surface area contributed by atoms with Crippen LogP contribution in [0.15, 0.2) is 36.4 Å². The first kappa shape index (κ1) is 15.4. The van der Waals surface area contributed by atoms with Gasteiger partial charge in [0.1, 0.15) is 5.82 Å². The predicted molar refractivity (Wildman–Crippen MR) is 73.8 cm³/mol. The molecule has 0 aromatic heterocycles. The summed E-state index contributed by atoms with van der Waals surface area (Å²) in [4.78, 5) is 10.6. The van der Waals surface area contributed by atoms with Crippen LogP contribution in [0.3, 0.4) is 0 Å². The van der Waals surface area contributed by atoms with E-state index in [0.29, 0.717) is 0 Å². The highest BCUT2D eigenvalue weighted by Gasteiger charge is 2.35. The highest BCUT2D eigenvalue weighted by atomic mass is 19.3. The van der Waals surface area contributed by atoms with Gasteiger partial charge in [0.05, 0.1) is 0 Å². The summed E-state index contributed by atoms with van der Waals surface area (Å²) >= 11 is 0. The molecule has 2 aromatic carbocycles. The van der Waals surface area contributed by atoms with E-state index in [2.05, 4.69) is 0 Å². The van der Waals surface area contributed by atoms with Gasteiger partial charge in [-0.25, -0.2) is 13.2 Å². The first-order chi connectivity index (χ1) is 9.81. The highest BCUT2D eigenvalue weighted by molar-refractivity contribution is 5.86. The van der Waals surface area contributed by atoms with Gasteiger partial charge in [-0.15, -0.1) is 0 Å². The van der Waals surface area contributed by atoms with Gasteiger partial charge in [0, 0.05) is 23.8 Å². The number of aliphatic carboxylic acids is 1. The Bertz CT molecular complexity index is 668. The van der Waals surface area contributed by atoms with Crippen molar-refractivity contribution in [1.29, 1.82) is 0 Å². The second-order valence-electron chi connectivity index (χ2n) is 5.25. The fraction of sp³-hybridized carbons (Fsp3) is 0.312. The SMILES string of the molecule is CC(CC(=O)O)CC(F)(F)c1ccc(F)c2ccccc12. The average Bonchev–Trinajstić information content (AvgIpc) is 2.37. The van der Waals surface area contributed by atoms with E-state index in [4.69, 9.17) is 5.11 Å². The second-order valence-corrected chi connectivity index (χ2v) is 5.25. The molecular formula is C16H15F3O2. The van der Waals surface area contributed by atoms with Crippen LogP contribution in [0.1, 0.15) is 25.3 Å². The molecule has 0 fully saturated rings. The zero-order valence-electron chi connectivity index (χ0n) is 11.4. The topological polar surface area (TPSA) is 37.3 Å². The first-order valence-electron chi connectivity index (χ1n) is 6.58. The molecule has 1 unspecified atom stereocenters. The van der Waals surface area contributed by atoms with Gasteiger partial charge in [0.2, 0.25) is 0 Å². The third kappa shape index (κ3) is 3.35. The lowest BCUT2D eigenvalue weighted by Gasteiger charge is -2.22. The van der Waals surface area contributed by atoms with Gasteiger partial charge in [0.15, 0.2) is 0 Å². The summed E-state index contributed by atoms with van der Waals surface area (Å²) in [5, 5.41) is 8.96. The first-order valence-corrected chi connectivity index (χ1v) is 6.58. The minimum absolute atomic E-state index is 0.139. The van der Waals surface area contributed by atoms with E-state index >= 15 is 0 Å². The van der Waals surface area contributed by atoms with Crippen LogP contribution in [0, 0.1) is 11.7 Å². The summed E-state index contributed by atoms with van der Waals surface area (Å²) in [7, 11) is 0. The summed E-state index contributed by atoms with van der Waals surface area (Å²) < 4.78 is 42.5. The van der Waals surface area contributed by atoms with Crippen LogP contribution in [-0.4, -0.2) is 11.1 Å². The van der Waals surface area contributed by atoms with Gasteiger partial charge >= 0.3 is 5.97 Å². The molecule has 2 nitrogen and oxygen atoms in total. The zero-order chi connectivity index (χ0) is 15.6. The van der Waals surface area contributed by atoms with Crippen molar-refractivity contribution in [3.05, 3.63) is 47.8 Å². The molecule has 21 heavy (non-hydrogen) atoms. The number of hydrogen-bond acceptors (Lipinski definition) is 1. The van der Waals surface area contributed by atoms with Gasteiger partial charge in [-0.05, 0) is 23.4 Å². The van der Waals surface area contributed by atoms with Crippen molar-refractivity contribution in [3.8, 4) is 0 Å². The quantitative estimate of drug-likeness (QED) is 0.877. The molecule has 2 aromatic rings. The molecule has 5 heteroatoms. The maximum absolute atomic E-state index is 14.4. The van der Waals surface area contributed by atoms with E-state index in [1.165, 1.54) is 19.1 Å². The van der Waals surface area contributed by atoms with E-state index in [1.54, 1.807) is 12.1 Å². The number of benzene rings is 2. The minimum Gasteiger partial charge on any atom is -0.481 e. The van der Waals surface area contributed by atoms with Crippen molar-refractivity contribution in [2.24, 2.45) is 5.92 Å². The van der Waals surface area contributed by atoms with Crippen LogP contribution in [0.4, 0.5) is 13.2 Å². The van der Waals surface area contributed by atoms with E-state index in [1.807, 2.05) is 0 Å². The Kier molecular flexibility index (Phi) is 4.21. The number of carboxylic acids is 1. The van der Waals surface area contributed by atoms with Crippen molar-refractivity contribution in [3.63, 3.8) is 0 Å². The molecule has 2 rings (SSSR count). The smallest absolute Gasteiger partial charge is 0.303 e. The van der Waals surface area contributed by atoms with Crippen LogP contribution >= 0.6 is 0 Å². The lowest BCUT2D eigenvalue weighted by atomic mass is 9.91. The van der Waals surface area contributed by atoms with Gasteiger partial charge < -0.3 is 5.11 Å². The Morgan fingerprint density at radius 1 is 1.19 bits per heavy atom. The lowest BCUT2D eigenvalue weighted by molar-refractivity contribution is -0.138. The molecule has 0 saturated carbocycles. The molecule has 0 bridgehead atoms. The molecule has 0 saturated heterocycles. The number of alkyl halides is 2. The van der Waals surface area contributed by atoms with E-state index < -0.39 is 30.0 Å². The van der Waals surface area contributed by atoms with Crippen molar-refractivity contribution < 1.29 is 23.1 Å². The van der Waals surface area contributed by atoms with Gasteiger partial charge in [0.25, 0.3) is 5.92 Å². The molecule has 112 valence electrons. The Hall–Kier alpha value is -2.04. The molecule has 0 aliphatic carbocycles. The van der Waals surface area contributed by atoms with Crippen LogP contribution < -0.4 is 0 Å². The second kappa shape index (κ2) is 5.76. The van der Waals surface area contributed by atoms with Crippen LogP contribution in [0.5, 0.6) is 0 Å². The van der Waals surface area contributed by atoms with Crippen LogP contribution in [0.2, 0.25) is 0 Å². The fourth-order valence-corrected chi connectivity index (χ4v) is 2.50. The molecular weight excluding hydrogens is 281 g/mol. The number of carbonyl (C=O) groups is 1. The third-order valence-electron chi connectivity index (χ3n) is 3.39. The molecule has 1 N–H and O–H groups in total. The summed E-state index contributed by atoms with van der Waals surface area (Å²) in [6.07, 6.45) is -0.913. The van der Waals surface area contributed by atoms with E-state index in [0.717, 1.165) is 12.1 Å². The Labute approximate surface area is 120 Å². The monoisotopic (exact) mass is 296 g/mol. The molecule has 0 aliphatic heterocycles. The summed E-state index contributed by atoms with van der Waals surface area (Å²) in [6, 6.07) is 8.15. The fourth-order valence-electron chi connectivity index (χ4n) is 2.50. The third-order valence-corrected chi connectivity index (χ3v) is 3.39. The summed E-state index contributed by atoms with van der Waals surface area (Å²) in [5.41, 5.74) is -0.267. The van der Waals surface area contributed by atoms with Gasteiger partial charge in [-0.2, -0.15) is 0 Å². The predicted octanol–water partition coefficient (Wildman–Crippen LogP) is 4.57. The number of halogens is 3. The number of carboxylic acid groups (broad SMARTS) is 1. The summed E-state index contributed by atoms with van der Waals surface area (Å²) in [5.74, 6) is -5.55. The summed E-state index contributed by atoms with van der Waals surface area (Å²) in [6.45, 7) is 1.47. The van der Waals surface area contributed by atoms with Crippen LogP contribution in [0.25, 0.3) is 10.8 Å². The average molecular weight is 296 g/mol. The van der Waals surface area contributed by atoms with Crippen molar-refractivity contribution in [2.45, 2.75) is 25.7 Å². The van der Waals surface area contributed by atoms with Gasteiger partial charge in [-0.3, -0.25) is 4.79 Å². The van der Waals surface area contributed by atoms with Gasteiger partial charge in [-0.1, -0.05) is 31.2 Å². The number of rotatable bonds is 5. The minimum atomic E-state index is -3.21. The molecule has 0 aliphatic rings. The largest absolute Gasteiger partial charge is 0.481 e. The molecule has 0 spiro atoms. The van der Waals surface area contributed by atoms with Crippen LogP contribution in [-0.2, 0) is 10.7 Å². The number of hydrogen-bond donors (Lipinski definition) is 1. The Morgan fingerprint density at radius 3 is 2.43 bits per heavy atom. The Balaban J connectivity index is 2.40. The van der Waals surface area contributed by atoms with Crippen molar-refractivity contribution in [2.75, 3.05) is 0 Å². The molecule has 0 radical (unpaired) electrons.